The summed E-state index contributed by atoms with van der Waals surface area (Å²) in [6, 6.07) is 53.6. The maximum absolute atomic E-state index is 4.86. The van der Waals surface area contributed by atoms with Gasteiger partial charge in [0.1, 0.15) is 0 Å². The summed E-state index contributed by atoms with van der Waals surface area (Å²) >= 11 is 0. The SMILES string of the molecule is CC(C)c1[c-]c(-c2nccc3c2ccc2c4ccc(-c5ccccc5)cc4ccc32)cc(C(C)C)c1.[Ir].[c-]1ccccc1-c1ccccn1. The fourth-order valence-electron chi connectivity index (χ4n) is 6.30. The Morgan fingerprint density at radius 3 is 1.96 bits per heavy atom. The van der Waals surface area contributed by atoms with Crippen molar-refractivity contribution in [2.45, 2.75) is 39.5 Å². The molecule has 6 aromatic carbocycles. The van der Waals surface area contributed by atoms with E-state index >= 15 is 0 Å². The Morgan fingerprint density at radius 2 is 1.22 bits per heavy atom. The first kappa shape index (κ1) is 33.9. The molecule has 0 aliphatic rings. The zero-order valence-electron chi connectivity index (χ0n) is 28.2. The molecule has 0 N–H and O–H groups in total. The van der Waals surface area contributed by atoms with Crippen LogP contribution in [-0.4, -0.2) is 9.97 Å². The predicted octanol–water partition coefficient (Wildman–Crippen LogP) is 12.5. The van der Waals surface area contributed by atoms with Crippen LogP contribution in [0.25, 0.3) is 66.0 Å². The molecule has 8 aromatic rings. The maximum Gasteiger partial charge on any atom is 0.0167 e. The minimum Gasteiger partial charge on any atom is -0.305 e. The molecule has 243 valence electrons. The van der Waals surface area contributed by atoms with Gasteiger partial charge in [0.25, 0.3) is 0 Å². The summed E-state index contributed by atoms with van der Waals surface area (Å²) in [4.78, 5) is 9.08. The average Bonchev–Trinajstić information content (AvgIpc) is 3.15. The summed E-state index contributed by atoms with van der Waals surface area (Å²) in [7, 11) is 0. The topological polar surface area (TPSA) is 25.8 Å². The normalized spacial score (nSPS) is 11.1. The van der Waals surface area contributed by atoms with Gasteiger partial charge in [-0.1, -0.05) is 107 Å². The van der Waals surface area contributed by atoms with E-state index < -0.39 is 0 Å². The van der Waals surface area contributed by atoms with Gasteiger partial charge < -0.3 is 9.97 Å². The van der Waals surface area contributed by atoms with Crippen molar-refractivity contribution >= 4 is 32.3 Å². The molecule has 0 unspecified atom stereocenters. The van der Waals surface area contributed by atoms with Crippen molar-refractivity contribution in [2.24, 2.45) is 0 Å². The maximum atomic E-state index is 4.86. The third-order valence-electron chi connectivity index (χ3n) is 8.97. The van der Waals surface area contributed by atoms with Gasteiger partial charge in [-0.25, -0.2) is 0 Å². The van der Waals surface area contributed by atoms with Crippen LogP contribution >= 0.6 is 0 Å². The molecule has 0 amide bonds. The van der Waals surface area contributed by atoms with Crippen LogP contribution in [0.1, 0.15) is 50.7 Å². The average molecular weight is 811 g/mol. The van der Waals surface area contributed by atoms with E-state index in [2.05, 4.69) is 136 Å². The van der Waals surface area contributed by atoms with Gasteiger partial charge in [-0.3, -0.25) is 0 Å². The van der Waals surface area contributed by atoms with Crippen LogP contribution < -0.4 is 0 Å². The van der Waals surface area contributed by atoms with E-state index in [1.54, 1.807) is 6.20 Å². The second-order valence-corrected chi connectivity index (χ2v) is 12.9. The Balaban J connectivity index is 0.000000270. The molecule has 0 saturated carbocycles. The van der Waals surface area contributed by atoms with Gasteiger partial charge in [0.15, 0.2) is 0 Å². The van der Waals surface area contributed by atoms with Gasteiger partial charge in [0, 0.05) is 32.5 Å². The van der Waals surface area contributed by atoms with Gasteiger partial charge in [-0.15, -0.1) is 70.8 Å². The molecule has 0 aliphatic heterocycles. The largest absolute Gasteiger partial charge is 0.305 e. The van der Waals surface area contributed by atoms with E-state index in [0.29, 0.717) is 11.8 Å². The summed E-state index contributed by atoms with van der Waals surface area (Å²) in [5, 5.41) is 7.50. The van der Waals surface area contributed by atoms with Crippen molar-refractivity contribution in [3.8, 4) is 33.6 Å². The Hall–Kier alpha value is -4.95. The smallest absolute Gasteiger partial charge is 0.0167 e. The molecule has 8 rings (SSSR count). The Kier molecular flexibility index (Phi) is 10.4. The van der Waals surface area contributed by atoms with Crippen LogP contribution in [0.3, 0.4) is 0 Å². The van der Waals surface area contributed by atoms with E-state index in [-0.39, 0.29) is 20.1 Å². The van der Waals surface area contributed by atoms with E-state index in [0.717, 1.165) is 22.5 Å². The van der Waals surface area contributed by atoms with Crippen LogP contribution in [0.4, 0.5) is 0 Å². The predicted molar refractivity (Wildman–Crippen MR) is 203 cm³/mol. The van der Waals surface area contributed by atoms with Crippen LogP contribution in [0.5, 0.6) is 0 Å². The Bertz CT molecular complexity index is 2270. The van der Waals surface area contributed by atoms with E-state index in [4.69, 9.17) is 4.98 Å². The fourth-order valence-corrected chi connectivity index (χ4v) is 6.30. The Morgan fingerprint density at radius 1 is 0.510 bits per heavy atom. The first-order valence-electron chi connectivity index (χ1n) is 16.7. The van der Waals surface area contributed by atoms with Gasteiger partial charge in [0.2, 0.25) is 0 Å². The standard InChI is InChI=1S/C35H30N.C11H8N.Ir/c1-22(2)27-19-28(23(3)4)21-29(20-27)35-34-15-14-31-30-12-10-25(24-8-6-5-7-9-24)18-26(30)11-13-32(31)33(34)16-17-36-35;1-2-6-10(7-3-1)11-8-4-5-9-12-11;/h5-20,22-23H,1-4H3;1-6,8-9H;/q2*-1;. The molecule has 2 heterocycles. The first-order chi connectivity index (χ1) is 23.5. The molecule has 2 nitrogen and oxygen atoms in total. The molecule has 1 radical (unpaired) electrons. The molecule has 2 aromatic heterocycles. The quantitative estimate of drug-likeness (QED) is 0.128. The zero-order valence-corrected chi connectivity index (χ0v) is 30.6. The third kappa shape index (κ3) is 7.25. The summed E-state index contributed by atoms with van der Waals surface area (Å²) in [6.07, 6.45) is 3.74. The molecule has 0 spiro atoms. The molecular formula is C46H38IrN2-2. The number of nitrogens with zero attached hydrogens (tertiary/aromatic N) is 2. The number of rotatable bonds is 5. The number of pyridine rings is 2. The summed E-state index contributed by atoms with van der Waals surface area (Å²) in [5.74, 6) is 0.879. The third-order valence-corrected chi connectivity index (χ3v) is 8.97. The summed E-state index contributed by atoms with van der Waals surface area (Å²) in [5.41, 5.74) is 9.19. The van der Waals surface area contributed by atoms with Crippen molar-refractivity contribution < 1.29 is 20.1 Å². The molecule has 0 atom stereocenters. The molecule has 49 heavy (non-hydrogen) atoms. The minimum absolute atomic E-state index is 0. The van der Waals surface area contributed by atoms with Crippen molar-refractivity contribution in [1.29, 1.82) is 0 Å². The van der Waals surface area contributed by atoms with Crippen molar-refractivity contribution in [3.05, 3.63) is 169 Å². The van der Waals surface area contributed by atoms with Crippen LogP contribution in [0, 0.1) is 12.1 Å². The summed E-state index contributed by atoms with van der Waals surface area (Å²) in [6.45, 7) is 8.97. The first-order valence-corrected chi connectivity index (χ1v) is 16.7. The molecule has 0 bridgehead atoms. The molecule has 0 fully saturated rings. The second kappa shape index (κ2) is 15.1. The van der Waals surface area contributed by atoms with Crippen LogP contribution in [0.2, 0.25) is 0 Å². The molecule has 3 heteroatoms. The monoisotopic (exact) mass is 811 g/mol. The van der Waals surface area contributed by atoms with Crippen molar-refractivity contribution in [3.63, 3.8) is 0 Å². The Labute approximate surface area is 303 Å². The number of aromatic nitrogens is 2. The van der Waals surface area contributed by atoms with Crippen LogP contribution in [0.15, 0.2) is 146 Å². The number of hydrogen-bond acceptors (Lipinski definition) is 2. The van der Waals surface area contributed by atoms with E-state index in [9.17, 15) is 0 Å². The van der Waals surface area contributed by atoms with Gasteiger partial charge >= 0.3 is 0 Å². The zero-order chi connectivity index (χ0) is 33.0. The van der Waals surface area contributed by atoms with E-state index in [1.807, 2.05) is 48.7 Å². The number of benzene rings is 6. The molecule has 0 aliphatic carbocycles. The second-order valence-electron chi connectivity index (χ2n) is 12.9. The fraction of sp³-hybridized carbons (Fsp3) is 0.130. The molecule has 0 saturated heterocycles. The van der Waals surface area contributed by atoms with E-state index in [1.165, 1.54) is 54.6 Å². The number of hydrogen-bond donors (Lipinski definition) is 0. The van der Waals surface area contributed by atoms with Gasteiger partial charge in [-0.2, -0.15) is 0 Å². The molecular weight excluding hydrogens is 773 g/mol. The van der Waals surface area contributed by atoms with Crippen molar-refractivity contribution in [2.75, 3.05) is 0 Å². The van der Waals surface area contributed by atoms with Crippen LogP contribution in [-0.2, 0) is 20.1 Å². The minimum atomic E-state index is 0. The van der Waals surface area contributed by atoms with Crippen molar-refractivity contribution in [1.82, 2.24) is 9.97 Å². The summed E-state index contributed by atoms with van der Waals surface area (Å²) < 4.78 is 0. The van der Waals surface area contributed by atoms with Gasteiger partial charge in [-0.05, 0) is 84.9 Å². The number of fused-ring (bicyclic) bond motifs is 5. The van der Waals surface area contributed by atoms with Gasteiger partial charge in [0.05, 0.1) is 0 Å².